The van der Waals surface area contributed by atoms with Crippen LogP contribution in [0.1, 0.15) is 32.0 Å². The highest BCUT2D eigenvalue weighted by Crippen LogP contribution is 2.21. The van der Waals surface area contributed by atoms with Crippen LogP contribution >= 0.6 is 11.8 Å². The van der Waals surface area contributed by atoms with Crippen molar-refractivity contribution in [2.75, 3.05) is 37.7 Å². The Labute approximate surface area is 143 Å². The van der Waals surface area contributed by atoms with Crippen molar-refractivity contribution in [1.82, 2.24) is 19.4 Å². The largest absolute Gasteiger partial charge is 0.343 e. The molecule has 23 heavy (non-hydrogen) atoms. The standard InChI is InChI=1S/C17H28N4OS/c1-2-16-18-6-10-20(16)9-5-17(22)21-7-3-15(4-8-21)19-11-13-23-14-12-19/h6,10,15H,2-5,7-9,11-14H2,1H3. The van der Waals surface area contributed by atoms with Gasteiger partial charge < -0.3 is 9.47 Å². The van der Waals surface area contributed by atoms with Gasteiger partial charge in [0.15, 0.2) is 0 Å². The fourth-order valence-corrected chi connectivity index (χ4v) is 4.59. The zero-order valence-electron chi connectivity index (χ0n) is 14.1. The summed E-state index contributed by atoms with van der Waals surface area (Å²) in [4.78, 5) is 21.5. The van der Waals surface area contributed by atoms with Gasteiger partial charge in [-0.05, 0) is 12.8 Å². The van der Waals surface area contributed by atoms with Gasteiger partial charge in [0.05, 0.1) is 0 Å². The van der Waals surface area contributed by atoms with Crippen molar-refractivity contribution in [3.05, 3.63) is 18.2 Å². The normalized spacial score (nSPS) is 20.8. The Morgan fingerprint density at radius 2 is 2.00 bits per heavy atom. The average Bonchev–Trinajstić information content (AvgIpc) is 3.08. The van der Waals surface area contributed by atoms with E-state index in [4.69, 9.17) is 0 Å². The topological polar surface area (TPSA) is 41.4 Å². The molecule has 2 fully saturated rings. The molecule has 0 saturated carbocycles. The van der Waals surface area contributed by atoms with E-state index >= 15 is 0 Å². The fourth-order valence-electron chi connectivity index (χ4n) is 3.66. The molecular weight excluding hydrogens is 308 g/mol. The van der Waals surface area contributed by atoms with Crippen LogP contribution in [0.4, 0.5) is 0 Å². The number of nitrogens with zero attached hydrogens (tertiary/aromatic N) is 4. The number of likely N-dealkylation sites (tertiary alicyclic amines) is 1. The third kappa shape index (κ3) is 4.29. The Morgan fingerprint density at radius 1 is 1.26 bits per heavy atom. The summed E-state index contributed by atoms with van der Waals surface area (Å²) in [6, 6.07) is 0.695. The zero-order valence-corrected chi connectivity index (χ0v) is 14.9. The first-order chi connectivity index (χ1) is 11.3. The van der Waals surface area contributed by atoms with Crippen molar-refractivity contribution in [3.8, 4) is 0 Å². The van der Waals surface area contributed by atoms with Crippen LogP contribution in [0.25, 0.3) is 0 Å². The molecule has 0 aromatic carbocycles. The second-order valence-corrected chi connectivity index (χ2v) is 7.63. The molecule has 3 rings (SSSR count). The van der Waals surface area contributed by atoms with E-state index in [2.05, 4.69) is 38.0 Å². The molecule has 0 radical (unpaired) electrons. The monoisotopic (exact) mass is 336 g/mol. The summed E-state index contributed by atoms with van der Waals surface area (Å²) in [6.45, 7) is 7.17. The van der Waals surface area contributed by atoms with E-state index in [0.29, 0.717) is 18.4 Å². The number of carbonyl (C=O) groups is 1. The smallest absolute Gasteiger partial charge is 0.224 e. The van der Waals surface area contributed by atoms with Crippen molar-refractivity contribution in [3.63, 3.8) is 0 Å². The van der Waals surface area contributed by atoms with Gasteiger partial charge in [0.25, 0.3) is 0 Å². The van der Waals surface area contributed by atoms with E-state index in [1.165, 1.54) is 24.6 Å². The molecular formula is C17H28N4OS. The molecule has 6 heteroatoms. The summed E-state index contributed by atoms with van der Waals surface area (Å²) in [5.41, 5.74) is 0. The number of hydrogen-bond donors (Lipinski definition) is 0. The summed E-state index contributed by atoms with van der Waals surface area (Å²) < 4.78 is 2.11. The Hall–Kier alpha value is -1.01. The molecule has 3 heterocycles. The van der Waals surface area contributed by atoms with Crippen LogP contribution < -0.4 is 0 Å². The SMILES string of the molecule is CCc1nccn1CCC(=O)N1CCC(N2CCSCC2)CC1. The highest BCUT2D eigenvalue weighted by molar-refractivity contribution is 7.99. The van der Waals surface area contributed by atoms with Crippen LogP contribution in [0.15, 0.2) is 12.4 Å². The molecule has 0 bridgehead atoms. The number of imidazole rings is 1. The first kappa shape index (κ1) is 16.8. The van der Waals surface area contributed by atoms with Crippen molar-refractivity contribution in [1.29, 1.82) is 0 Å². The minimum Gasteiger partial charge on any atom is -0.343 e. The third-order valence-corrected chi connectivity index (χ3v) is 6.01. The summed E-state index contributed by atoms with van der Waals surface area (Å²) >= 11 is 2.06. The molecule has 0 atom stereocenters. The van der Waals surface area contributed by atoms with Gasteiger partial charge in [-0.1, -0.05) is 6.92 Å². The summed E-state index contributed by atoms with van der Waals surface area (Å²) in [7, 11) is 0. The predicted octanol–water partition coefficient (Wildman–Crippen LogP) is 1.88. The molecule has 5 nitrogen and oxygen atoms in total. The Bertz CT molecular complexity index is 504. The Morgan fingerprint density at radius 3 is 2.70 bits per heavy atom. The highest BCUT2D eigenvalue weighted by atomic mass is 32.2. The van der Waals surface area contributed by atoms with Crippen molar-refractivity contribution in [2.24, 2.45) is 0 Å². The van der Waals surface area contributed by atoms with Gasteiger partial charge >= 0.3 is 0 Å². The number of aryl methyl sites for hydroxylation is 2. The minimum absolute atomic E-state index is 0.299. The number of carbonyl (C=O) groups excluding carboxylic acids is 1. The Balaban J connectivity index is 1.43. The number of rotatable bonds is 5. The van der Waals surface area contributed by atoms with Crippen molar-refractivity contribution < 1.29 is 4.79 Å². The fraction of sp³-hybridized carbons (Fsp3) is 0.765. The lowest BCUT2D eigenvalue weighted by Gasteiger charge is -2.40. The van der Waals surface area contributed by atoms with Gasteiger partial charge in [-0.15, -0.1) is 0 Å². The second kappa shape index (κ2) is 8.20. The number of amides is 1. The summed E-state index contributed by atoms with van der Waals surface area (Å²) in [5, 5.41) is 0. The lowest BCUT2D eigenvalue weighted by molar-refractivity contribution is -0.133. The lowest BCUT2D eigenvalue weighted by atomic mass is 10.0. The number of hydrogen-bond acceptors (Lipinski definition) is 4. The first-order valence-corrected chi connectivity index (χ1v) is 10.0. The molecule has 0 N–H and O–H groups in total. The van der Waals surface area contributed by atoms with E-state index in [1.807, 2.05) is 12.4 Å². The third-order valence-electron chi connectivity index (χ3n) is 5.06. The molecule has 1 aromatic heterocycles. The van der Waals surface area contributed by atoms with Crippen LogP contribution in [0.3, 0.4) is 0 Å². The number of aromatic nitrogens is 2. The number of thioether (sulfide) groups is 1. The summed E-state index contributed by atoms with van der Waals surface area (Å²) in [6.07, 6.45) is 7.59. The van der Waals surface area contributed by atoms with Crippen LogP contribution in [-0.2, 0) is 17.8 Å². The van der Waals surface area contributed by atoms with E-state index < -0.39 is 0 Å². The van der Waals surface area contributed by atoms with E-state index in [-0.39, 0.29) is 0 Å². The first-order valence-electron chi connectivity index (χ1n) is 8.87. The van der Waals surface area contributed by atoms with Crippen LogP contribution in [-0.4, -0.2) is 69.0 Å². The highest BCUT2D eigenvalue weighted by Gasteiger charge is 2.27. The maximum atomic E-state index is 12.5. The van der Waals surface area contributed by atoms with E-state index in [1.54, 1.807) is 0 Å². The molecule has 0 aliphatic carbocycles. The van der Waals surface area contributed by atoms with Gasteiger partial charge in [0, 0.05) is 75.5 Å². The van der Waals surface area contributed by atoms with Gasteiger partial charge in [0.2, 0.25) is 5.91 Å². The predicted molar refractivity (Wildman–Crippen MR) is 94.7 cm³/mol. The average molecular weight is 337 g/mol. The molecule has 2 saturated heterocycles. The van der Waals surface area contributed by atoms with Crippen LogP contribution in [0, 0.1) is 0 Å². The van der Waals surface area contributed by atoms with Gasteiger partial charge in [-0.2, -0.15) is 11.8 Å². The zero-order chi connectivity index (χ0) is 16.1. The summed E-state index contributed by atoms with van der Waals surface area (Å²) in [5.74, 6) is 3.90. The minimum atomic E-state index is 0.299. The second-order valence-electron chi connectivity index (χ2n) is 6.40. The molecule has 0 spiro atoms. The van der Waals surface area contributed by atoms with Crippen molar-refractivity contribution in [2.45, 2.75) is 45.2 Å². The van der Waals surface area contributed by atoms with Gasteiger partial charge in [0.1, 0.15) is 5.82 Å². The molecule has 0 unspecified atom stereocenters. The maximum absolute atomic E-state index is 12.5. The molecule has 2 aliphatic heterocycles. The quantitative estimate of drug-likeness (QED) is 0.823. The van der Waals surface area contributed by atoms with Crippen LogP contribution in [0.2, 0.25) is 0 Å². The molecule has 2 aliphatic rings. The lowest BCUT2D eigenvalue weighted by Crippen LogP contribution is -2.49. The van der Waals surface area contributed by atoms with Gasteiger partial charge in [-0.25, -0.2) is 4.98 Å². The molecule has 1 amide bonds. The maximum Gasteiger partial charge on any atom is 0.224 e. The van der Waals surface area contributed by atoms with Crippen molar-refractivity contribution >= 4 is 17.7 Å². The Kier molecular flexibility index (Phi) is 6.00. The molecule has 128 valence electrons. The molecule has 1 aromatic rings. The number of piperidine rings is 1. The van der Waals surface area contributed by atoms with E-state index in [0.717, 1.165) is 44.7 Å². The van der Waals surface area contributed by atoms with E-state index in [9.17, 15) is 4.79 Å². The van der Waals surface area contributed by atoms with Gasteiger partial charge in [-0.3, -0.25) is 9.69 Å². The van der Waals surface area contributed by atoms with Crippen LogP contribution in [0.5, 0.6) is 0 Å².